The van der Waals surface area contributed by atoms with Crippen molar-refractivity contribution in [3.05, 3.63) is 29.8 Å². The summed E-state index contributed by atoms with van der Waals surface area (Å²) in [5.74, 6) is 0.895. The molecular weight excluding hydrogens is 316 g/mol. The van der Waals surface area contributed by atoms with Gasteiger partial charge in [-0.15, -0.1) is 0 Å². The van der Waals surface area contributed by atoms with Gasteiger partial charge in [-0.1, -0.05) is 12.1 Å². The summed E-state index contributed by atoms with van der Waals surface area (Å²) in [5, 5.41) is 5.46. The second-order valence-electron chi connectivity index (χ2n) is 6.36. The van der Waals surface area contributed by atoms with Gasteiger partial charge in [0.05, 0.1) is 18.1 Å². The zero-order valence-corrected chi connectivity index (χ0v) is 13.8. The summed E-state index contributed by atoms with van der Waals surface area (Å²) in [7, 11) is -2.99. The molecule has 2 aliphatic rings. The molecule has 126 valence electrons. The van der Waals surface area contributed by atoms with Crippen LogP contribution in [0.25, 0.3) is 0 Å². The van der Waals surface area contributed by atoms with Gasteiger partial charge in [0.1, 0.15) is 0 Å². The van der Waals surface area contributed by atoms with Gasteiger partial charge in [-0.3, -0.25) is 0 Å². The molecule has 1 aromatic carbocycles. The number of benzene rings is 1. The SMILES string of the molecule is O=C(Nc1cccc(COCC2CC2)c1)N[C@@H]1CCS(=O)(=O)C1. The number of hydrogen-bond donors (Lipinski definition) is 2. The molecule has 23 heavy (non-hydrogen) atoms. The van der Waals surface area contributed by atoms with E-state index < -0.39 is 9.84 Å². The molecule has 1 saturated carbocycles. The van der Waals surface area contributed by atoms with Crippen LogP contribution in [0.3, 0.4) is 0 Å². The van der Waals surface area contributed by atoms with Crippen LogP contribution in [0.4, 0.5) is 10.5 Å². The molecule has 1 saturated heterocycles. The molecule has 0 radical (unpaired) electrons. The average Bonchev–Trinajstić information content (AvgIpc) is 3.23. The standard InChI is InChI=1S/C16H22N2O4S/c19-16(18-15-6-7-23(20,21)11-15)17-14-3-1-2-13(8-14)10-22-9-12-4-5-12/h1-3,8,12,15H,4-7,9-11H2,(H2,17,18,19)/t15-/m1/s1. The topological polar surface area (TPSA) is 84.5 Å². The second kappa shape index (κ2) is 6.88. The van der Waals surface area contributed by atoms with Gasteiger partial charge in [0.15, 0.2) is 9.84 Å². The number of ether oxygens (including phenoxy) is 1. The summed E-state index contributed by atoms with van der Waals surface area (Å²) in [6.45, 7) is 1.34. The van der Waals surface area contributed by atoms with Crippen LogP contribution in [0.15, 0.2) is 24.3 Å². The van der Waals surface area contributed by atoms with Crippen LogP contribution in [-0.2, 0) is 21.2 Å². The third-order valence-corrected chi connectivity index (χ3v) is 5.84. The minimum absolute atomic E-state index is 0.0233. The minimum atomic E-state index is -2.99. The first-order valence-electron chi connectivity index (χ1n) is 7.95. The molecule has 0 unspecified atom stereocenters. The minimum Gasteiger partial charge on any atom is -0.376 e. The zero-order valence-electron chi connectivity index (χ0n) is 13.0. The Morgan fingerprint density at radius 1 is 1.26 bits per heavy atom. The second-order valence-corrected chi connectivity index (χ2v) is 8.59. The third kappa shape index (κ3) is 5.21. The van der Waals surface area contributed by atoms with E-state index in [0.717, 1.165) is 18.1 Å². The molecule has 6 nitrogen and oxygen atoms in total. The summed E-state index contributed by atoms with van der Waals surface area (Å²) in [6, 6.07) is 6.83. The van der Waals surface area contributed by atoms with Gasteiger partial charge in [0, 0.05) is 18.3 Å². The molecule has 2 N–H and O–H groups in total. The first kappa shape index (κ1) is 16.3. The highest BCUT2D eigenvalue weighted by atomic mass is 32.2. The fourth-order valence-electron chi connectivity index (χ4n) is 2.63. The van der Waals surface area contributed by atoms with E-state index in [4.69, 9.17) is 4.74 Å². The Bertz CT molecular complexity index is 670. The lowest BCUT2D eigenvalue weighted by molar-refractivity contribution is 0.111. The Hall–Kier alpha value is -1.60. The van der Waals surface area contributed by atoms with E-state index in [0.29, 0.717) is 18.7 Å². The van der Waals surface area contributed by atoms with E-state index in [1.165, 1.54) is 12.8 Å². The number of carbonyl (C=O) groups is 1. The summed E-state index contributed by atoms with van der Waals surface area (Å²) >= 11 is 0. The molecule has 0 aromatic heterocycles. The van der Waals surface area contributed by atoms with Crippen molar-refractivity contribution in [2.75, 3.05) is 23.4 Å². The van der Waals surface area contributed by atoms with Gasteiger partial charge < -0.3 is 15.4 Å². The predicted octanol–water partition coefficient (Wildman–Crippen LogP) is 1.92. The molecule has 1 heterocycles. The van der Waals surface area contributed by atoms with E-state index in [9.17, 15) is 13.2 Å². The van der Waals surface area contributed by atoms with E-state index in [-0.39, 0.29) is 23.6 Å². The number of rotatable bonds is 6. The van der Waals surface area contributed by atoms with Gasteiger partial charge in [0.2, 0.25) is 0 Å². The highest BCUT2D eigenvalue weighted by molar-refractivity contribution is 7.91. The Morgan fingerprint density at radius 2 is 2.09 bits per heavy atom. The highest BCUT2D eigenvalue weighted by Gasteiger charge is 2.28. The van der Waals surface area contributed by atoms with Crippen molar-refractivity contribution < 1.29 is 17.9 Å². The number of urea groups is 1. The quantitative estimate of drug-likeness (QED) is 0.830. The smallest absolute Gasteiger partial charge is 0.319 e. The van der Waals surface area contributed by atoms with Crippen molar-refractivity contribution in [3.63, 3.8) is 0 Å². The molecule has 1 aromatic rings. The van der Waals surface area contributed by atoms with Gasteiger partial charge in [-0.2, -0.15) is 0 Å². The number of hydrogen-bond acceptors (Lipinski definition) is 4. The summed E-state index contributed by atoms with van der Waals surface area (Å²) < 4.78 is 28.4. The largest absolute Gasteiger partial charge is 0.376 e. The first-order chi connectivity index (χ1) is 11.0. The van der Waals surface area contributed by atoms with Gasteiger partial charge >= 0.3 is 6.03 Å². The average molecular weight is 338 g/mol. The fraction of sp³-hybridized carbons (Fsp3) is 0.562. The van der Waals surface area contributed by atoms with Gasteiger partial charge in [-0.25, -0.2) is 13.2 Å². The molecule has 2 amide bonds. The summed E-state index contributed by atoms with van der Waals surface area (Å²) in [4.78, 5) is 12.0. The lowest BCUT2D eigenvalue weighted by Crippen LogP contribution is -2.38. The number of amides is 2. The molecule has 3 rings (SSSR count). The van der Waals surface area contributed by atoms with Crippen molar-refractivity contribution in [2.24, 2.45) is 5.92 Å². The van der Waals surface area contributed by atoms with Crippen LogP contribution in [0.2, 0.25) is 0 Å². The van der Waals surface area contributed by atoms with Crippen molar-refractivity contribution in [2.45, 2.75) is 31.9 Å². The maximum absolute atomic E-state index is 12.0. The van der Waals surface area contributed by atoms with Crippen molar-refractivity contribution in [1.82, 2.24) is 5.32 Å². The number of nitrogens with one attached hydrogen (secondary N) is 2. The van der Waals surface area contributed by atoms with Gasteiger partial charge in [0.25, 0.3) is 0 Å². The van der Waals surface area contributed by atoms with Crippen molar-refractivity contribution >= 4 is 21.6 Å². The van der Waals surface area contributed by atoms with Crippen LogP contribution in [-0.4, -0.2) is 38.6 Å². The monoisotopic (exact) mass is 338 g/mol. The number of carbonyl (C=O) groups excluding carboxylic acids is 1. The fourth-order valence-corrected chi connectivity index (χ4v) is 4.30. The Balaban J connectivity index is 1.47. The molecule has 0 bridgehead atoms. The summed E-state index contributed by atoms with van der Waals surface area (Å²) in [5.41, 5.74) is 1.68. The van der Waals surface area contributed by atoms with Crippen LogP contribution in [0, 0.1) is 5.92 Å². The Labute approximate surface area is 136 Å². The Morgan fingerprint density at radius 3 is 2.78 bits per heavy atom. The van der Waals surface area contributed by atoms with Crippen LogP contribution >= 0.6 is 0 Å². The van der Waals surface area contributed by atoms with E-state index in [2.05, 4.69) is 10.6 Å². The molecule has 0 spiro atoms. The molecule has 1 atom stereocenters. The van der Waals surface area contributed by atoms with Crippen LogP contribution in [0.1, 0.15) is 24.8 Å². The third-order valence-electron chi connectivity index (χ3n) is 4.07. The molecule has 1 aliphatic carbocycles. The maximum Gasteiger partial charge on any atom is 0.319 e. The van der Waals surface area contributed by atoms with Crippen LogP contribution < -0.4 is 10.6 Å². The number of sulfone groups is 1. The van der Waals surface area contributed by atoms with Crippen LogP contribution in [0.5, 0.6) is 0 Å². The lowest BCUT2D eigenvalue weighted by Gasteiger charge is -2.13. The lowest BCUT2D eigenvalue weighted by atomic mass is 10.2. The molecule has 7 heteroatoms. The van der Waals surface area contributed by atoms with E-state index >= 15 is 0 Å². The van der Waals surface area contributed by atoms with Gasteiger partial charge in [-0.05, 0) is 42.9 Å². The normalized spacial score (nSPS) is 22.7. The van der Waals surface area contributed by atoms with E-state index in [1.807, 2.05) is 18.2 Å². The molecule has 2 fully saturated rings. The predicted molar refractivity (Wildman–Crippen MR) is 88.0 cm³/mol. The summed E-state index contributed by atoms with van der Waals surface area (Å²) in [6.07, 6.45) is 3.00. The first-order valence-corrected chi connectivity index (χ1v) is 9.77. The number of anilines is 1. The van der Waals surface area contributed by atoms with E-state index in [1.54, 1.807) is 6.07 Å². The zero-order chi connectivity index (χ0) is 16.3. The Kier molecular flexibility index (Phi) is 4.87. The molecule has 1 aliphatic heterocycles. The highest BCUT2D eigenvalue weighted by Crippen LogP contribution is 2.29. The molecular formula is C16H22N2O4S. The van der Waals surface area contributed by atoms with Crippen molar-refractivity contribution in [3.8, 4) is 0 Å². The van der Waals surface area contributed by atoms with Crippen molar-refractivity contribution in [1.29, 1.82) is 0 Å². The maximum atomic E-state index is 12.0.